The molecule has 34 heavy (non-hydrogen) atoms. The second kappa shape index (κ2) is 14.1. The first-order valence-corrected chi connectivity index (χ1v) is 13.1. The summed E-state index contributed by atoms with van der Waals surface area (Å²) in [6.45, 7) is 8.68. The van der Waals surface area contributed by atoms with Gasteiger partial charge in [0.2, 0.25) is 0 Å². The van der Waals surface area contributed by atoms with E-state index in [-0.39, 0.29) is 6.61 Å². The van der Waals surface area contributed by atoms with Crippen LogP contribution in [0, 0.1) is 13.8 Å². The molecule has 1 N–H and O–H groups in total. The van der Waals surface area contributed by atoms with E-state index in [1.807, 2.05) is 18.8 Å². The lowest BCUT2D eigenvalue weighted by Crippen LogP contribution is -2.25. The molecule has 8 heteroatoms. The molecule has 1 aliphatic rings. The van der Waals surface area contributed by atoms with E-state index in [1.54, 1.807) is 11.3 Å². The third-order valence-electron chi connectivity index (χ3n) is 5.49. The maximum atomic E-state index is 10.7. The number of aryl methyl sites for hydroxylation is 2. The van der Waals surface area contributed by atoms with E-state index in [0.717, 1.165) is 43.2 Å². The van der Waals surface area contributed by atoms with Crippen molar-refractivity contribution in [1.82, 2.24) is 9.88 Å². The van der Waals surface area contributed by atoms with Crippen molar-refractivity contribution in [3.63, 3.8) is 0 Å². The van der Waals surface area contributed by atoms with Crippen molar-refractivity contribution in [2.45, 2.75) is 33.2 Å². The van der Waals surface area contributed by atoms with Gasteiger partial charge in [-0.25, -0.2) is 9.78 Å². The number of benzene rings is 2. The van der Waals surface area contributed by atoms with Crippen LogP contribution in [0.1, 0.15) is 27.3 Å². The van der Waals surface area contributed by atoms with Crippen molar-refractivity contribution in [1.29, 1.82) is 0 Å². The Balaban J connectivity index is 0.000000970. The van der Waals surface area contributed by atoms with Gasteiger partial charge in [0.1, 0.15) is 10.8 Å². The van der Waals surface area contributed by atoms with Crippen molar-refractivity contribution in [2.75, 3.05) is 33.5 Å². The Labute approximate surface area is 208 Å². The van der Waals surface area contributed by atoms with E-state index >= 15 is 0 Å². The van der Waals surface area contributed by atoms with E-state index in [4.69, 9.17) is 14.8 Å². The number of carboxylic acid groups (broad SMARTS) is 1. The normalized spacial score (nSPS) is 12.9. The molecule has 1 aliphatic heterocycles. The molecule has 0 radical (unpaired) electrons. The zero-order chi connectivity index (χ0) is 25.1. The molecule has 0 amide bonds. The van der Waals surface area contributed by atoms with E-state index in [2.05, 4.69) is 58.3 Å². The molecule has 0 fully saturated rings. The third kappa shape index (κ3) is 7.86. The fraction of sp³-hybridized carbons (Fsp3) is 0.385. The summed E-state index contributed by atoms with van der Waals surface area (Å²) >= 11 is 1.79. The fourth-order valence-corrected chi connectivity index (χ4v) is 4.85. The number of thiazole rings is 1. The molecule has 1 unspecified atom stereocenters. The van der Waals surface area contributed by atoms with Gasteiger partial charge in [-0.3, -0.25) is 9.29 Å². The van der Waals surface area contributed by atoms with Gasteiger partial charge in [-0.2, -0.15) is 0 Å². The summed E-state index contributed by atoms with van der Waals surface area (Å²) in [5.74, 6) is -0.327. The van der Waals surface area contributed by atoms with Crippen LogP contribution in [0.4, 0.5) is 4.39 Å². The lowest BCUT2D eigenvalue weighted by molar-refractivity contribution is -0.139. The molecule has 1 atom stereocenters. The van der Waals surface area contributed by atoms with Gasteiger partial charge in [0.15, 0.2) is 6.61 Å². The summed E-state index contributed by atoms with van der Waals surface area (Å²) < 4.78 is 14.8. The molecule has 184 valence electrons. The van der Waals surface area contributed by atoms with Gasteiger partial charge in [0, 0.05) is 30.1 Å². The molecule has 2 aromatic carbocycles. The molecule has 0 saturated carbocycles. The van der Waals surface area contributed by atoms with Crippen LogP contribution in [0.2, 0.25) is 0 Å². The van der Waals surface area contributed by atoms with Crippen LogP contribution < -0.4 is 4.74 Å². The highest BCUT2D eigenvalue weighted by Crippen LogP contribution is 2.30. The largest absolute Gasteiger partial charge is 0.482 e. The Bertz CT molecular complexity index is 1060. The summed E-state index contributed by atoms with van der Waals surface area (Å²) in [6, 6.07) is 14.5. The molecular weight excluding hydrogens is 470 g/mol. The number of aliphatic carboxylic acids is 1. The molecule has 4 rings (SSSR count). The molecular formula is C26H34FN2O3PS. The standard InChI is InChI=1S/C24H26N2O3S.CH3F.CH5P/c1-16-3-5-19(6-4-16)24-25-17(2)22(30-24)14-26-11-9-18-7-8-21(29-15-23(27)28)13-20(18)10-12-26;2*1-2/h3-8,13H,9-12,14-15H2,1-2H3,(H,27,28);1H3;2H2,1H3. The third-order valence-corrected chi connectivity index (χ3v) is 6.68. The Morgan fingerprint density at radius 1 is 1.09 bits per heavy atom. The molecule has 3 aromatic rings. The van der Waals surface area contributed by atoms with E-state index in [9.17, 15) is 9.18 Å². The van der Waals surface area contributed by atoms with Crippen LogP contribution >= 0.6 is 20.6 Å². The van der Waals surface area contributed by atoms with Gasteiger partial charge in [-0.05, 0) is 49.9 Å². The molecule has 0 aliphatic carbocycles. The van der Waals surface area contributed by atoms with Crippen molar-refractivity contribution in [3.8, 4) is 16.3 Å². The first-order valence-electron chi connectivity index (χ1n) is 11.2. The van der Waals surface area contributed by atoms with Gasteiger partial charge in [0.25, 0.3) is 0 Å². The number of carbonyl (C=O) groups is 1. The number of hydrogen-bond donors (Lipinski definition) is 1. The van der Waals surface area contributed by atoms with Crippen molar-refractivity contribution in [3.05, 3.63) is 69.7 Å². The van der Waals surface area contributed by atoms with Gasteiger partial charge in [-0.1, -0.05) is 42.6 Å². The number of halogens is 1. The van der Waals surface area contributed by atoms with E-state index in [0.29, 0.717) is 12.9 Å². The monoisotopic (exact) mass is 504 g/mol. The maximum Gasteiger partial charge on any atom is 0.341 e. The molecule has 0 spiro atoms. The van der Waals surface area contributed by atoms with Crippen LogP contribution in [0.3, 0.4) is 0 Å². The fourth-order valence-electron chi connectivity index (χ4n) is 3.74. The SMILES string of the molecule is CF.CP.Cc1ccc(-c2nc(C)c(CN3CCc4ccc(OCC(=O)O)cc4CC3)s2)cc1. The van der Waals surface area contributed by atoms with Gasteiger partial charge < -0.3 is 9.84 Å². The van der Waals surface area contributed by atoms with Gasteiger partial charge in [-0.15, -0.1) is 20.6 Å². The Morgan fingerprint density at radius 3 is 2.38 bits per heavy atom. The number of ether oxygens (including phenoxy) is 1. The summed E-state index contributed by atoms with van der Waals surface area (Å²) in [5, 5.41) is 9.89. The topological polar surface area (TPSA) is 62.7 Å². The van der Waals surface area contributed by atoms with Crippen LogP contribution in [0.25, 0.3) is 10.6 Å². The Morgan fingerprint density at radius 2 is 1.74 bits per heavy atom. The number of fused-ring (bicyclic) bond motifs is 1. The number of hydrogen-bond acceptors (Lipinski definition) is 5. The van der Waals surface area contributed by atoms with Crippen LogP contribution in [-0.2, 0) is 24.2 Å². The Kier molecular flexibility index (Phi) is 11.6. The van der Waals surface area contributed by atoms with Crippen molar-refractivity contribution < 1.29 is 19.0 Å². The van der Waals surface area contributed by atoms with E-state index in [1.165, 1.54) is 27.1 Å². The number of alkyl halides is 1. The first-order chi connectivity index (χ1) is 16.5. The smallest absolute Gasteiger partial charge is 0.341 e. The van der Waals surface area contributed by atoms with Crippen molar-refractivity contribution >= 4 is 26.5 Å². The second-order valence-corrected chi connectivity index (χ2v) is 8.87. The average Bonchev–Trinajstić information content (AvgIpc) is 3.10. The quantitative estimate of drug-likeness (QED) is 0.445. The minimum Gasteiger partial charge on any atom is -0.482 e. The van der Waals surface area contributed by atoms with Gasteiger partial charge in [0.05, 0.1) is 12.9 Å². The van der Waals surface area contributed by atoms with Gasteiger partial charge >= 0.3 is 5.97 Å². The van der Waals surface area contributed by atoms with Crippen LogP contribution in [0.15, 0.2) is 42.5 Å². The number of carboxylic acids is 1. The minimum absolute atomic E-state index is 0.307. The number of nitrogens with zero attached hydrogens (tertiary/aromatic N) is 2. The second-order valence-electron chi connectivity index (χ2n) is 7.78. The lowest BCUT2D eigenvalue weighted by Gasteiger charge is -2.18. The number of rotatable bonds is 6. The zero-order valence-corrected chi connectivity index (χ0v) is 22.3. The predicted octanol–water partition coefficient (Wildman–Crippen LogP) is 5.57. The predicted molar refractivity (Wildman–Crippen MR) is 142 cm³/mol. The van der Waals surface area contributed by atoms with Crippen LogP contribution in [-0.4, -0.2) is 54.5 Å². The molecule has 5 nitrogen and oxygen atoms in total. The van der Waals surface area contributed by atoms with Crippen LogP contribution in [0.5, 0.6) is 5.75 Å². The summed E-state index contributed by atoms with van der Waals surface area (Å²) in [6.07, 6.45) is 1.92. The first kappa shape index (κ1) is 27.9. The summed E-state index contributed by atoms with van der Waals surface area (Å²) in [4.78, 5) is 19.3. The maximum absolute atomic E-state index is 10.7. The average molecular weight is 505 g/mol. The molecule has 0 saturated heterocycles. The minimum atomic E-state index is -0.957. The molecule has 1 aromatic heterocycles. The Hall–Kier alpha value is -2.34. The summed E-state index contributed by atoms with van der Waals surface area (Å²) in [5.41, 5.74) is 6.12. The number of aromatic nitrogens is 1. The highest BCUT2D eigenvalue weighted by atomic mass is 32.1. The zero-order valence-electron chi connectivity index (χ0n) is 20.3. The molecule has 0 bridgehead atoms. The molecule has 2 heterocycles. The summed E-state index contributed by atoms with van der Waals surface area (Å²) in [7, 11) is 2.92. The highest BCUT2D eigenvalue weighted by Gasteiger charge is 2.18. The van der Waals surface area contributed by atoms with Crippen molar-refractivity contribution in [2.24, 2.45) is 0 Å². The lowest BCUT2D eigenvalue weighted by atomic mass is 10.0. The van der Waals surface area contributed by atoms with E-state index < -0.39 is 5.97 Å². The highest BCUT2D eigenvalue weighted by molar-refractivity contribution is 7.15.